The summed E-state index contributed by atoms with van der Waals surface area (Å²) < 4.78 is 10.4. The number of nitrogens with zero attached hydrogens (tertiary/aromatic N) is 1. The Morgan fingerprint density at radius 1 is 1.45 bits per heavy atom. The van der Waals surface area contributed by atoms with Crippen molar-refractivity contribution in [2.24, 2.45) is 0 Å². The van der Waals surface area contributed by atoms with Crippen LogP contribution in [0.2, 0.25) is 0 Å². The standard InChI is InChI=1S/C14H18N2O4/c1-8(12(17)19-4)16-11-9(15)6-5-7-10(11)20-14(2,3)13(16)18/h5-8H,15H2,1-4H3. The number of nitrogen functional groups attached to an aromatic ring is 1. The maximum absolute atomic E-state index is 12.6. The molecule has 0 radical (unpaired) electrons. The Morgan fingerprint density at radius 2 is 2.10 bits per heavy atom. The first-order valence-electron chi connectivity index (χ1n) is 6.28. The number of benzene rings is 1. The number of methoxy groups -OCH3 is 1. The van der Waals surface area contributed by atoms with Gasteiger partial charge in [0, 0.05) is 0 Å². The lowest BCUT2D eigenvalue weighted by molar-refractivity contribution is -0.145. The molecule has 2 rings (SSSR count). The van der Waals surface area contributed by atoms with Crippen molar-refractivity contribution in [3.05, 3.63) is 18.2 Å². The lowest BCUT2D eigenvalue weighted by Crippen LogP contribution is -2.57. The van der Waals surface area contributed by atoms with Crippen LogP contribution < -0.4 is 15.4 Å². The highest BCUT2D eigenvalue weighted by Crippen LogP contribution is 2.42. The SMILES string of the molecule is COC(=O)C(C)N1C(=O)C(C)(C)Oc2cccc(N)c21. The maximum Gasteiger partial charge on any atom is 0.328 e. The molecule has 20 heavy (non-hydrogen) atoms. The summed E-state index contributed by atoms with van der Waals surface area (Å²) in [5.41, 5.74) is 5.66. The molecule has 0 spiro atoms. The lowest BCUT2D eigenvalue weighted by Gasteiger charge is -2.41. The number of amides is 1. The molecule has 1 atom stereocenters. The van der Waals surface area contributed by atoms with Crippen molar-refractivity contribution in [2.75, 3.05) is 17.7 Å². The second-order valence-electron chi connectivity index (χ2n) is 5.18. The van der Waals surface area contributed by atoms with Gasteiger partial charge >= 0.3 is 5.97 Å². The molecular formula is C14H18N2O4. The minimum absolute atomic E-state index is 0.333. The van der Waals surface area contributed by atoms with E-state index in [1.807, 2.05) is 0 Å². The third-order valence-electron chi connectivity index (χ3n) is 3.30. The maximum atomic E-state index is 12.6. The Bertz CT molecular complexity index is 568. The Balaban J connectivity index is 2.60. The normalized spacial score (nSPS) is 18.0. The molecule has 1 heterocycles. The molecule has 0 bridgehead atoms. The van der Waals surface area contributed by atoms with Gasteiger partial charge in [0.2, 0.25) is 0 Å². The molecule has 1 amide bonds. The summed E-state index contributed by atoms with van der Waals surface area (Å²) in [6, 6.07) is 4.34. The Labute approximate surface area is 117 Å². The van der Waals surface area contributed by atoms with Gasteiger partial charge in [-0.25, -0.2) is 4.79 Å². The van der Waals surface area contributed by atoms with E-state index in [9.17, 15) is 9.59 Å². The van der Waals surface area contributed by atoms with Gasteiger partial charge in [-0.1, -0.05) is 6.07 Å². The van der Waals surface area contributed by atoms with Crippen molar-refractivity contribution in [3.63, 3.8) is 0 Å². The van der Waals surface area contributed by atoms with Gasteiger partial charge in [-0.3, -0.25) is 9.69 Å². The average Bonchev–Trinajstić information content (AvgIpc) is 2.39. The zero-order chi connectivity index (χ0) is 15.1. The predicted octanol–water partition coefficient (Wildman–Crippen LogP) is 1.33. The molecule has 0 aliphatic carbocycles. The van der Waals surface area contributed by atoms with Gasteiger partial charge in [0.1, 0.15) is 17.5 Å². The second-order valence-corrected chi connectivity index (χ2v) is 5.18. The van der Waals surface area contributed by atoms with Crippen LogP contribution in [-0.2, 0) is 14.3 Å². The van der Waals surface area contributed by atoms with Crippen molar-refractivity contribution in [1.29, 1.82) is 0 Å². The minimum atomic E-state index is -1.07. The number of nitrogens with two attached hydrogens (primary N) is 1. The van der Waals surface area contributed by atoms with Crippen LogP contribution in [0.3, 0.4) is 0 Å². The van der Waals surface area contributed by atoms with Crippen molar-refractivity contribution in [3.8, 4) is 5.75 Å². The van der Waals surface area contributed by atoms with Crippen LogP contribution in [-0.4, -0.2) is 30.6 Å². The molecule has 108 valence electrons. The summed E-state index contributed by atoms with van der Waals surface area (Å²) in [5, 5.41) is 0. The molecule has 0 saturated carbocycles. The number of esters is 1. The number of para-hydroxylation sites is 1. The van der Waals surface area contributed by atoms with E-state index >= 15 is 0 Å². The first kappa shape index (κ1) is 14.2. The molecule has 0 saturated heterocycles. The minimum Gasteiger partial charge on any atom is -0.476 e. The molecule has 6 heteroatoms. The monoisotopic (exact) mass is 278 g/mol. The smallest absolute Gasteiger partial charge is 0.328 e. The van der Waals surface area contributed by atoms with Gasteiger partial charge < -0.3 is 15.2 Å². The summed E-state index contributed by atoms with van der Waals surface area (Å²) in [4.78, 5) is 25.7. The summed E-state index contributed by atoms with van der Waals surface area (Å²) in [7, 11) is 1.28. The second kappa shape index (κ2) is 4.70. The van der Waals surface area contributed by atoms with Crippen LogP contribution in [0.1, 0.15) is 20.8 Å². The van der Waals surface area contributed by atoms with E-state index in [4.69, 9.17) is 15.2 Å². The van der Waals surface area contributed by atoms with E-state index in [1.165, 1.54) is 12.0 Å². The quantitative estimate of drug-likeness (QED) is 0.652. The van der Waals surface area contributed by atoms with Crippen LogP contribution in [0.5, 0.6) is 5.75 Å². The molecule has 1 aliphatic heterocycles. The number of carbonyl (C=O) groups is 2. The van der Waals surface area contributed by atoms with E-state index < -0.39 is 17.6 Å². The van der Waals surface area contributed by atoms with E-state index in [0.717, 1.165) is 0 Å². The van der Waals surface area contributed by atoms with E-state index in [-0.39, 0.29) is 5.91 Å². The van der Waals surface area contributed by atoms with Gasteiger partial charge in [0.15, 0.2) is 5.60 Å². The average molecular weight is 278 g/mol. The summed E-state index contributed by atoms with van der Waals surface area (Å²) in [6.07, 6.45) is 0. The van der Waals surface area contributed by atoms with Crippen molar-refractivity contribution >= 4 is 23.3 Å². The lowest BCUT2D eigenvalue weighted by atomic mass is 10.0. The van der Waals surface area contributed by atoms with E-state index in [1.54, 1.807) is 39.0 Å². The fourth-order valence-electron chi connectivity index (χ4n) is 2.24. The molecule has 0 aromatic heterocycles. The number of rotatable bonds is 2. The zero-order valence-corrected chi connectivity index (χ0v) is 12.0. The van der Waals surface area contributed by atoms with Crippen LogP contribution >= 0.6 is 0 Å². The number of hydrogen-bond acceptors (Lipinski definition) is 5. The highest BCUT2D eigenvalue weighted by atomic mass is 16.5. The number of carbonyl (C=O) groups excluding carboxylic acids is 2. The molecule has 1 aliphatic rings. The van der Waals surface area contributed by atoms with Gasteiger partial charge in [-0.05, 0) is 32.9 Å². The highest BCUT2D eigenvalue weighted by molar-refractivity contribution is 6.08. The molecule has 6 nitrogen and oxygen atoms in total. The van der Waals surface area contributed by atoms with Gasteiger partial charge in [-0.2, -0.15) is 0 Å². The van der Waals surface area contributed by atoms with E-state index in [2.05, 4.69) is 0 Å². The van der Waals surface area contributed by atoms with Crippen molar-refractivity contribution in [2.45, 2.75) is 32.4 Å². The first-order chi connectivity index (χ1) is 9.29. The summed E-state index contributed by atoms with van der Waals surface area (Å²) in [5.74, 6) is -0.364. The number of hydrogen-bond donors (Lipinski definition) is 1. The predicted molar refractivity (Wildman–Crippen MR) is 74.5 cm³/mol. The topological polar surface area (TPSA) is 81.9 Å². The molecule has 1 aromatic rings. The molecule has 1 unspecified atom stereocenters. The molecule has 0 fully saturated rings. The summed E-state index contributed by atoms with van der Waals surface area (Å²) >= 11 is 0. The molecular weight excluding hydrogens is 260 g/mol. The largest absolute Gasteiger partial charge is 0.476 e. The fourth-order valence-corrected chi connectivity index (χ4v) is 2.24. The molecule has 1 aromatic carbocycles. The Hall–Kier alpha value is -2.24. The third kappa shape index (κ3) is 2.07. The van der Waals surface area contributed by atoms with Crippen molar-refractivity contribution < 1.29 is 19.1 Å². The number of fused-ring (bicyclic) bond motifs is 1. The number of anilines is 2. The van der Waals surface area contributed by atoms with Crippen LogP contribution in [0.15, 0.2) is 18.2 Å². The molecule has 2 N–H and O–H groups in total. The van der Waals surface area contributed by atoms with E-state index in [0.29, 0.717) is 17.1 Å². The third-order valence-corrected chi connectivity index (χ3v) is 3.30. The number of ether oxygens (including phenoxy) is 2. The van der Waals surface area contributed by atoms with Crippen LogP contribution in [0.25, 0.3) is 0 Å². The van der Waals surface area contributed by atoms with Gasteiger partial charge in [0.25, 0.3) is 5.91 Å². The van der Waals surface area contributed by atoms with Crippen LogP contribution in [0, 0.1) is 0 Å². The first-order valence-corrected chi connectivity index (χ1v) is 6.28. The van der Waals surface area contributed by atoms with Crippen molar-refractivity contribution in [1.82, 2.24) is 0 Å². The Morgan fingerprint density at radius 3 is 2.70 bits per heavy atom. The zero-order valence-electron chi connectivity index (χ0n) is 12.0. The fraction of sp³-hybridized carbons (Fsp3) is 0.429. The summed E-state index contributed by atoms with van der Waals surface area (Å²) in [6.45, 7) is 4.90. The highest BCUT2D eigenvalue weighted by Gasteiger charge is 2.45. The Kier molecular flexibility index (Phi) is 3.33. The van der Waals surface area contributed by atoms with Gasteiger partial charge in [-0.15, -0.1) is 0 Å². The van der Waals surface area contributed by atoms with Gasteiger partial charge in [0.05, 0.1) is 12.8 Å². The van der Waals surface area contributed by atoms with Crippen LogP contribution in [0.4, 0.5) is 11.4 Å².